The summed E-state index contributed by atoms with van der Waals surface area (Å²) >= 11 is 5.98. The summed E-state index contributed by atoms with van der Waals surface area (Å²) in [5.74, 6) is -1.18. The van der Waals surface area contributed by atoms with Crippen molar-refractivity contribution >= 4 is 35.8 Å². The van der Waals surface area contributed by atoms with E-state index in [9.17, 15) is 14.0 Å². The molecule has 0 aliphatic carbocycles. The predicted octanol–water partition coefficient (Wildman–Crippen LogP) is 1.88. The predicted molar refractivity (Wildman–Crippen MR) is 106 cm³/mol. The largest absolute Gasteiger partial charge is 0.337 e. The van der Waals surface area contributed by atoms with E-state index in [4.69, 9.17) is 11.6 Å². The molecule has 0 spiro atoms. The lowest BCUT2D eigenvalue weighted by molar-refractivity contribution is -0.135. The molecule has 1 aliphatic heterocycles. The third-order valence-corrected chi connectivity index (χ3v) is 4.96. The lowest BCUT2D eigenvalue weighted by Gasteiger charge is -2.36. The van der Waals surface area contributed by atoms with E-state index < -0.39 is 17.8 Å². The van der Waals surface area contributed by atoms with Gasteiger partial charge in [-0.25, -0.2) is 4.39 Å². The van der Waals surface area contributed by atoms with Gasteiger partial charge in [-0.1, -0.05) is 17.7 Å². The van der Waals surface area contributed by atoms with Crippen LogP contribution in [0.15, 0.2) is 30.6 Å². The molecule has 1 unspecified atom stereocenters. The van der Waals surface area contributed by atoms with Gasteiger partial charge in [0.05, 0.1) is 16.8 Å². The van der Waals surface area contributed by atoms with Crippen molar-refractivity contribution in [2.24, 2.45) is 7.05 Å². The summed E-state index contributed by atoms with van der Waals surface area (Å²) in [6.07, 6.45) is 3.44. The summed E-state index contributed by atoms with van der Waals surface area (Å²) < 4.78 is 15.6. The molecule has 0 saturated carbocycles. The number of rotatable bonds is 4. The van der Waals surface area contributed by atoms with Crippen LogP contribution in [0.3, 0.4) is 0 Å². The Kier molecular flexibility index (Phi) is 7.40. The smallest absolute Gasteiger partial charge is 0.258 e. The number of hydrogen-bond donors (Lipinski definition) is 1. The molecule has 1 atom stereocenters. The van der Waals surface area contributed by atoms with Crippen LogP contribution in [0.5, 0.6) is 0 Å². The van der Waals surface area contributed by atoms with Gasteiger partial charge in [0.2, 0.25) is 5.91 Å². The van der Waals surface area contributed by atoms with Crippen LogP contribution in [-0.2, 0) is 11.8 Å². The van der Waals surface area contributed by atoms with Crippen LogP contribution in [0.1, 0.15) is 22.0 Å². The van der Waals surface area contributed by atoms with E-state index in [1.54, 1.807) is 36.1 Å². The third kappa shape index (κ3) is 4.45. The highest BCUT2D eigenvalue weighted by atomic mass is 35.5. The van der Waals surface area contributed by atoms with Gasteiger partial charge >= 0.3 is 0 Å². The highest BCUT2D eigenvalue weighted by molar-refractivity contribution is 6.33. The number of hydrogen-bond acceptors (Lipinski definition) is 4. The maximum Gasteiger partial charge on any atom is 0.258 e. The molecule has 0 radical (unpaired) electrons. The molecule has 3 rings (SSSR count). The van der Waals surface area contributed by atoms with Crippen LogP contribution in [0.25, 0.3) is 0 Å². The second kappa shape index (κ2) is 9.36. The molecular formula is C18H22Cl2FN5O2. The average molecular weight is 430 g/mol. The zero-order valence-electron chi connectivity index (χ0n) is 15.6. The monoisotopic (exact) mass is 429 g/mol. The fourth-order valence-electron chi connectivity index (χ4n) is 3.19. The fourth-order valence-corrected chi connectivity index (χ4v) is 3.44. The first-order chi connectivity index (χ1) is 12.9. The number of benzene rings is 1. The van der Waals surface area contributed by atoms with Crippen molar-refractivity contribution in [2.75, 3.05) is 33.2 Å². The molecule has 1 aromatic carbocycles. The molecule has 10 heteroatoms. The van der Waals surface area contributed by atoms with Crippen LogP contribution in [0.2, 0.25) is 5.02 Å². The molecule has 1 fully saturated rings. The van der Waals surface area contributed by atoms with E-state index in [0.717, 1.165) is 5.56 Å². The van der Waals surface area contributed by atoms with Gasteiger partial charge in [0.15, 0.2) is 0 Å². The molecule has 1 saturated heterocycles. The molecule has 2 aromatic rings. The summed E-state index contributed by atoms with van der Waals surface area (Å²) in [5.41, 5.74) is 0.657. The maximum atomic E-state index is 14.0. The number of piperazine rings is 1. The fraction of sp³-hybridized carbons (Fsp3) is 0.389. The van der Waals surface area contributed by atoms with Gasteiger partial charge in [-0.3, -0.25) is 14.3 Å². The van der Waals surface area contributed by atoms with E-state index in [1.165, 1.54) is 23.1 Å². The Labute approximate surface area is 173 Å². The van der Waals surface area contributed by atoms with Crippen LogP contribution >= 0.6 is 24.0 Å². The van der Waals surface area contributed by atoms with Crippen LogP contribution in [-0.4, -0.2) is 64.6 Å². The van der Waals surface area contributed by atoms with Crippen molar-refractivity contribution in [3.05, 3.63) is 52.6 Å². The number of nitrogens with one attached hydrogen (secondary N) is 1. The van der Waals surface area contributed by atoms with E-state index in [2.05, 4.69) is 10.4 Å². The molecular weight excluding hydrogens is 408 g/mol. The normalized spacial score (nSPS) is 15.1. The number of halogens is 3. The number of carbonyl (C=O) groups is 2. The maximum absolute atomic E-state index is 14.0. The topological polar surface area (TPSA) is 70.5 Å². The first-order valence-electron chi connectivity index (χ1n) is 8.60. The highest BCUT2D eigenvalue weighted by Crippen LogP contribution is 2.22. The van der Waals surface area contributed by atoms with E-state index in [-0.39, 0.29) is 28.9 Å². The summed E-state index contributed by atoms with van der Waals surface area (Å²) in [5, 5.41) is 7.20. The second-order valence-corrected chi connectivity index (χ2v) is 6.79. The zero-order valence-corrected chi connectivity index (χ0v) is 17.1. The SMILES string of the molecule is CNC(C(=O)N1CCN(C(=O)c2c(F)cccc2Cl)CC1)c1cnn(C)c1.Cl. The Bertz CT molecular complexity index is 832. The van der Waals surface area contributed by atoms with Crippen molar-refractivity contribution in [3.8, 4) is 0 Å². The number of aromatic nitrogens is 2. The van der Waals surface area contributed by atoms with Crippen molar-refractivity contribution < 1.29 is 14.0 Å². The first-order valence-corrected chi connectivity index (χ1v) is 8.98. The molecule has 1 N–H and O–H groups in total. The quantitative estimate of drug-likeness (QED) is 0.805. The molecule has 1 aliphatic rings. The Morgan fingerprint density at radius 2 is 1.86 bits per heavy atom. The third-order valence-electron chi connectivity index (χ3n) is 4.65. The van der Waals surface area contributed by atoms with E-state index >= 15 is 0 Å². The van der Waals surface area contributed by atoms with Crippen LogP contribution < -0.4 is 5.32 Å². The molecule has 152 valence electrons. The highest BCUT2D eigenvalue weighted by Gasteiger charge is 2.31. The lowest BCUT2D eigenvalue weighted by Crippen LogP contribution is -2.52. The average Bonchev–Trinajstić information content (AvgIpc) is 3.08. The summed E-state index contributed by atoms with van der Waals surface area (Å²) in [6, 6.07) is 3.66. The zero-order chi connectivity index (χ0) is 19.6. The van der Waals surface area contributed by atoms with Gasteiger partial charge in [-0.15, -0.1) is 12.4 Å². The standard InChI is InChI=1S/C18H21ClFN5O2.ClH/c1-21-16(12-10-22-23(2)11-12)18(27)25-8-6-24(7-9-25)17(26)15-13(19)4-3-5-14(15)20;/h3-5,10-11,16,21H,6-9H2,1-2H3;1H. The second-order valence-electron chi connectivity index (χ2n) is 6.38. The van der Waals surface area contributed by atoms with Crippen molar-refractivity contribution in [1.29, 1.82) is 0 Å². The van der Waals surface area contributed by atoms with Crippen molar-refractivity contribution in [1.82, 2.24) is 24.9 Å². The molecule has 2 heterocycles. The van der Waals surface area contributed by atoms with Gasteiger partial charge in [0.25, 0.3) is 5.91 Å². The lowest BCUT2D eigenvalue weighted by atomic mass is 10.1. The first kappa shape index (κ1) is 22.1. The molecule has 0 bridgehead atoms. The Hall–Kier alpha value is -2.16. The molecule has 28 heavy (non-hydrogen) atoms. The van der Waals surface area contributed by atoms with E-state index in [0.29, 0.717) is 26.2 Å². The number of nitrogens with zero attached hydrogens (tertiary/aromatic N) is 4. The minimum Gasteiger partial charge on any atom is -0.337 e. The van der Waals surface area contributed by atoms with Crippen LogP contribution in [0, 0.1) is 5.82 Å². The van der Waals surface area contributed by atoms with Gasteiger partial charge in [-0.2, -0.15) is 5.10 Å². The minimum atomic E-state index is -0.641. The Morgan fingerprint density at radius 1 is 1.21 bits per heavy atom. The van der Waals surface area contributed by atoms with E-state index in [1.807, 2.05) is 0 Å². The van der Waals surface area contributed by atoms with Gasteiger partial charge in [0, 0.05) is 45.0 Å². The van der Waals surface area contributed by atoms with Gasteiger partial charge in [0.1, 0.15) is 11.9 Å². The molecule has 2 amide bonds. The number of likely N-dealkylation sites (N-methyl/N-ethyl adjacent to an activating group) is 1. The Morgan fingerprint density at radius 3 is 2.39 bits per heavy atom. The van der Waals surface area contributed by atoms with Gasteiger partial charge < -0.3 is 15.1 Å². The van der Waals surface area contributed by atoms with Crippen molar-refractivity contribution in [3.63, 3.8) is 0 Å². The van der Waals surface area contributed by atoms with Gasteiger partial charge in [-0.05, 0) is 19.2 Å². The molecule has 1 aromatic heterocycles. The van der Waals surface area contributed by atoms with Crippen molar-refractivity contribution in [2.45, 2.75) is 6.04 Å². The molecule has 7 nitrogen and oxygen atoms in total. The summed E-state index contributed by atoms with van der Waals surface area (Å²) in [7, 11) is 3.51. The number of amides is 2. The summed E-state index contributed by atoms with van der Waals surface area (Å²) in [4.78, 5) is 28.7. The Balaban J connectivity index is 0.00000280. The minimum absolute atomic E-state index is 0. The number of carbonyl (C=O) groups excluding carboxylic acids is 2. The number of aryl methyl sites for hydroxylation is 1. The summed E-state index contributed by atoms with van der Waals surface area (Å²) in [6.45, 7) is 1.38. The van der Waals surface area contributed by atoms with Crippen LogP contribution in [0.4, 0.5) is 4.39 Å².